The molecule has 1 heterocycles. The van der Waals surface area contributed by atoms with Crippen LogP contribution in [-0.2, 0) is 16.2 Å². The van der Waals surface area contributed by atoms with Gasteiger partial charge in [0.2, 0.25) is 15.9 Å². The van der Waals surface area contributed by atoms with Crippen LogP contribution in [-0.4, -0.2) is 30.4 Å². The number of nitrogens with zero attached hydrogens (tertiary/aromatic N) is 2. The van der Waals surface area contributed by atoms with Gasteiger partial charge in [-0.15, -0.1) is 0 Å². The quantitative estimate of drug-likeness (QED) is 0.400. The van der Waals surface area contributed by atoms with Crippen LogP contribution in [0, 0.1) is 0 Å². The maximum atomic E-state index is 13.5. The summed E-state index contributed by atoms with van der Waals surface area (Å²) in [4.78, 5) is 11.3. The molecule has 0 aliphatic heterocycles. The molecule has 11 heteroatoms. The third-order valence-electron chi connectivity index (χ3n) is 5.10. The van der Waals surface area contributed by atoms with Gasteiger partial charge in [0.15, 0.2) is 5.69 Å². The zero-order valence-electron chi connectivity index (χ0n) is 18.2. The zero-order valence-corrected chi connectivity index (χ0v) is 19.1. The monoisotopic (exact) mass is 500 g/mol. The van der Waals surface area contributed by atoms with Gasteiger partial charge in [0.25, 0.3) is 0 Å². The average molecular weight is 501 g/mol. The van der Waals surface area contributed by atoms with Crippen molar-refractivity contribution in [1.29, 1.82) is 0 Å². The van der Waals surface area contributed by atoms with E-state index in [1.54, 1.807) is 48.5 Å². The van der Waals surface area contributed by atoms with Crippen LogP contribution in [0.4, 0.5) is 18.9 Å². The third-order valence-corrected chi connectivity index (χ3v) is 5.70. The Bertz CT molecular complexity index is 1480. The van der Waals surface area contributed by atoms with Crippen LogP contribution in [0.15, 0.2) is 78.9 Å². The lowest BCUT2D eigenvalue weighted by molar-refractivity contribution is -0.141. The van der Waals surface area contributed by atoms with Gasteiger partial charge in [-0.3, -0.25) is 9.52 Å². The Morgan fingerprint density at radius 2 is 1.40 bits per heavy atom. The van der Waals surface area contributed by atoms with Crippen molar-refractivity contribution in [3.63, 3.8) is 0 Å². The van der Waals surface area contributed by atoms with Crippen LogP contribution >= 0.6 is 0 Å². The SMILES string of the molecule is CS(=O)(=O)Nc1ccc(-n2nc(C(F)(F)F)cc2-c2ccc(-c3ccc(C(N)=O)cc3)cc2)cc1. The lowest BCUT2D eigenvalue weighted by Gasteiger charge is -2.10. The second kappa shape index (κ2) is 8.91. The fraction of sp³-hybridized carbons (Fsp3) is 0.0833. The number of carbonyl (C=O) groups is 1. The molecule has 0 aliphatic rings. The number of alkyl halides is 3. The molecule has 4 rings (SSSR count). The third kappa shape index (κ3) is 5.52. The number of amides is 1. The highest BCUT2D eigenvalue weighted by molar-refractivity contribution is 7.92. The first-order valence-corrected chi connectivity index (χ1v) is 12.1. The summed E-state index contributed by atoms with van der Waals surface area (Å²) < 4.78 is 66.6. The maximum absolute atomic E-state index is 13.5. The largest absolute Gasteiger partial charge is 0.435 e. The number of rotatable bonds is 6. The molecular weight excluding hydrogens is 481 g/mol. The molecule has 0 atom stereocenters. The zero-order chi connectivity index (χ0) is 25.4. The summed E-state index contributed by atoms with van der Waals surface area (Å²) in [6, 6.07) is 20.3. The van der Waals surface area contributed by atoms with Gasteiger partial charge in [0, 0.05) is 16.8 Å². The van der Waals surface area contributed by atoms with Gasteiger partial charge in [0.1, 0.15) is 0 Å². The Hall–Kier alpha value is -4.12. The van der Waals surface area contributed by atoms with Gasteiger partial charge in [-0.2, -0.15) is 18.3 Å². The van der Waals surface area contributed by atoms with Crippen molar-refractivity contribution in [3.05, 3.63) is 90.1 Å². The summed E-state index contributed by atoms with van der Waals surface area (Å²) in [5, 5.41) is 3.75. The van der Waals surface area contributed by atoms with Crippen molar-refractivity contribution in [1.82, 2.24) is 9.78 Å². The van der Waals surface area contributed by atoms with Crippen molar-refractivity contribution in [2.75, 3.05) is 11.0 Å². The second-order valence-corrected chi connectivity index (χ2v) is 9.51. The van der Waals surface area contributed by atoms with E-state index in [1.165, 1.54) is 24.3 Å². The van der Waals surface area contributed by atoms with E-state index in [9.17, 15) is 26.4 Å². The van der Waals surface area contributed by atoms with Crippen LogP contribution in [0.2, 0.25) is 0 Å². The number of anilines is 1. The standard InChI is InChI=1S/C24H19F3N4O3S/c1-35(33,34)30-19-10-12-20(13-11-19)31-21(14-22(29-31)24(25,26)27)17-6-2-15(3-7-17)16-4-8-18(9-5-16)23(28)32/h2-14,30H,1H3,(H2,28,32). The minimum Gasteiger partial charge on any atom is -0.366 e. The molecule has 0 bridgehead atoms. The molecular formula is C24H19F3N4O3S. The fourth-order valence-electron chi connectivity index (χ4n) is 3.47. The first-order valence-electron chi connectivity index (χ1n) is 10.2. The maximum Gasteiger partial charge on any atom is 0.435 e. The number of hydrogen-bond donors (Lipinski definition) is 2. The molecule has 0 saturated heterocycles. The molecule has 3 N–H and O–H groups in total. The number of carbonyl (C=O) groups excluding carboxylic acids is 1. The molecule has 7 nitrogen and oxygen atoms in total. The Balaban J connectivity index is 1.71. The number of nitrogens with two attached hydrogens (primary N) is 1. The highest BCUT2D eigenvalue weighted by atomic mass is 32.2. The number of aromatic nitrogens is 2. The van der Waals surface area contributed by atoms with Crippen molar-refractivity contribution in [3.8, 4) is 28.1 Å². The number of primary amides is 1. The topological polar surface area (TPSA) is 107 Å². The summed E-state index contributed by atoms with van der Waals surface area (Å²) >= 11 is 0. The Labute approximate surface area is 199 Å². The molecule has 4 aromatic rings. The number of halogens is 3. The predicted molar refractivity (Wildman–Crippen MR) is 126 cm³/mol. The molecule has 3 aromatic carbocycles. The summed E-state index contributed by atoms with van der Waals surface area (Å²) in [5.74, 6) is -0.541. The van der Waals surface area contributed by atoms with Crippen LogP contribution in [0.5, 0.6) is 0 Å². The van der Waals surface area contributed by atoms with Gasteiger partial charge in [-0.1, -0.05) is 36.4 Å². The lowest BCUT2D eigenvalue weighted by atomic mass is 10.0. The minimum absolute atomic E-state index is 0.205. The van der Waals surface area contributed by atoms with E-state index in [0.29, 0.717) is 16.8 Å². The fourth-order valence-corrected chi connectivity index (χ4v) is 4.03. The Morgan fingerprint density at radius 1 is 0.886 bits per heavy atom. The first-order chi connectivity index (χ1) is 16.4. The van der Waals surface area contributed by atoms with Gasteiger partial charge in [-0.05, 0) is 53.6 Å². The molecule has 1 aromatic heterocycles. The molecule has 35 heavy (non-hydrogen) atoms. The summed E-state index contributed by atoms with van der Waals surface area (Å²) in [6.07, 6.45) is -3.65. The van der Waals surface area contributed by atoms with E-state index in [4.69, 9.17) is 5.73 Å². The highest BCUT2D eigenvalue weighted by Crippen LogP contribution is 2.34. The lowest BCUT2D eigenvalue weighted by Crippen LogP contribution is -2.10. The van der Waals surface area contributed by atoms with Crippen LogP contribution in [0.25, 0.3) is 28.1 Å². The van der Waals surface area contributed by atoms with E-state index in [-0.39, 0.29) is 11.4 Å². The van der Waals surface area contributed by atoms with Crippen LogP contribution < -0.4 is 10.5 Å². The average Bonchev–Trinajstić information content (AvgIpc) is 3.25. The van der Waals surface area contributed by atoms with Gasteiger partial charge in [-0.25, -0.2) is 13.1 Å². The van der Waals surface area contributed by atoms with Crippen molar-refractivity contribution < 1.29 is 26.4 Å². The highest BCUT2D eigenvalue weighted by Gasteiger charge is 2.35. The van der Waals surface area contributed by atoms with E-state index in [2.05, 4.69) is 9.82 Å². The normalized spacial score (nSPS) is 11.9. The minimum atomic E-state index is -4.65. The second-order valence-electron chi connectivity index (χ2n) is 7.76. The summed E-state index contributed by atoms with van der Waals surface area (Å²) in [5.41, 5.74) is 7.45. The summed E-state index contributed by atoms with van der Waals surface area (Å²) in [7, 11) is -3.50. The molecule has 180 valence electrons. The van der Waals surface area contributed by atoms with Gasteiger partial charge < -0.3 is 5.73 Å². The molecule has 0 spiro atoms. The Morgan fingerprint density at radius 3 is 1.89 bits per heavy atom. The van der Waals surface area contributed by atoms with Gasteiger partial charge >= 0.3 is 6.18 Å². The number of hydrogen-bond acceptors (Lipinski definition) is 4. The molecule has 1 amide bonds. The first kappa shape index (κ1) is 24.0. The van der Waals surface area contributed by atoms with Crippen LogP contribution in [0.1, 0.15) is 16.1 Å². The predicted octanol–water partition coefficient (Wildman–Crippen LogP) is 4.70. The molecule has 0 radical (unpaired) electrons. The van der Waals surface area contributed by atoms with E-state index in [1.807, 2.05) is 0 Å². The molecule has 0 fully saturated rings. The number of benzene rings is 3. The summed E-state index contributed by atoms with van der Waals surface area (Å²) in [6.45, 7) is 0. The smallest absolute Gasteiger partial charge is 0.366 e. The van der Waals surface area contributed by atoms with E-state index in [0.717, 1.165) is 28.1 Å². The molecule has 0 aliphatic carbocycles. The molecule has 0 saturated carbocycles. The number of sulfonamides is 1. The molecule has 0 unspecified atom stereocenters. The van der Waals surface area contributed by atoms with Crippen molar-refractivity contribution >= 4 is 21.6 Å². The van der Waals surface area contributed by atoms with Crippen molar-refractivity contribution in [2.45, 2.75) is 6.18 Å². The van der Waals surface area contributed by atoms with E-state index >= 15 is 0 Å². The van der Waals surface area contributed by atoms with E-state index < -0.39 is 27.8 Å². The van der Waals surface area contributed by atoms with Crippen LogP contribution in [0.3, 0.4) is 0 Å². The van der Waals surface area contributed by atoms with Crippen molar-refractivity contribution in [2.24, 2.45) is 5.73 Å². The van der Waals surface area contributed by atoms with Gasteiger partial charge in [0.05, 0.1) is 17.6 Å². The number of nitrogens with one attached hydrogen (secondary N) is 1. The Kier molecular flexibility index (Phi) is 6.12.